The molecule has 0 saturated carbocycles. The van der Waals surface area contributed by atoms with Crippen molar-refractivity contribution in [1.29, 1.82) is 0 Å². The quantitative estimate of drug-likeness (QED) is 0.155. The maximum atomic E-state index is 2.40. The third kappa shape index (κ3) is 5.33. The van der Waals surface area contributed by atoms with Crippen molar-refractivity contribution in [3.63, 3.8) is 0 Å². The van der Waals surface area contributed by atoms with Crippen LogP contribution in [0.3, 0.4) is 0 Å². The topological polar surface area (TPSA) is 8.17 Å². The summed E-state index contributed by atoms with van der Waals surface area (Å²) in [6.45, 7) is 2.20. The Labute approximate surface area is 332 Å². The number of anilines is 3. The third-order valence-corrected chi connectivity index (χ3v) is 11.6. The minimum absolute atomic E-state index is 1.10. The van der Waals surface area contributed by atoms with Crippen LogP contribution in [0.15, 0.2) is 212 Å². The van der Waals surface area contributed by atoms with Gasteiger partial charge in [0.1, 0.15) is 0 Å². The minimum Gasteiger partial charge on any atom is -0.310 e. The Kier molecular flexibility index (Phi) is 7.75. The Balaban J connectivity index is 1.12. The molecule has 1 aromatic heterocycles. The summed E-state index contributed by atoms with van der Waals surface area (Å²) >= 11 is 0. The van der Waals surface area contributed by atoms with Crippen molar-refractivity contribution < 1.29 is 0 Å². The molecule has 0 bridgehead atoms. The zero-order chi connectivity index (χ0) is 37.9. The van der Waals surface area contributed by atoms with Crippen molar-refractivity contribution in [3.05, 3.63) is 218 Å². The lowest BCUT2D eigenvalue weighted by atomic mass is 9.84. The van der Waals surface area contributed by atoms with Crippen molar-refractivity contribution in [2.45, 2.75) is 6.92 Å². The number of aromatic nitrogens is 1. The second-order valence-electron chi connectivity index (χ2n) is 14.9. The molecule has 0 N–H and O–H groups in total. The molecule has 0 aliphatic rings. The summed E-state index contributed by atoms with van der Waals surface area (Å²) in [5.74, 6) is 0. The summed E-state index contributed by atoms with van der Waals surface area (Å²) in [5, 5.41) is 10.0. The number of hydrogen-bond donors (Lipinski definition) is 0. The van der Waals surface area contributed by atoms with E-state index in [0.717, 1.165) is 22.7 Å². The van der Waals surface area contributed by atoms with Crippen molar-refractivity contribution in [2.75, 3.05) is 4.90 Å². The lowest BCUT2D eigenvalue weighted by Crippen LogP contribution is -2.10. The van der Waals surface area contributed by atoms with Crippen LogP contribution in [-0.4, -0.2) is 4.57 Å². The first-order valence-corrected chi connectivity index (χ1v) is 19.7. The molecule has 0 spiro atoms. The van der Waals surface area contributed by atoms with Crippen LogP contribution < -0.4 is 4.90 Å². The van der Waals surface area contributed by atoms with Crippen LogP contribution in [-0.2, 0) is 0 Å². The molecule has 0 atom stereocenters. The fraction of sp³-hybridized carbons (Fsp3) is 0.0182. The van der Waals surface area contributed by atoms with Gasteiger partial charge in [-0.2, -0.15) is 0 Å². The molecule has 2 nitrogen and oxygen atoms in total. The van der Waals surface area contributed by atoms with E-state index in [1.54, 1.807) is 0 Å². The highest BCUT2D eigenvalue weighted by Gasteiger charge is 2.22. The second-order valence-corrected chi connectivity index (χ2v) is 14.9. The van der Waals surface area contributed by atoms with Gasteiger partial charge in [-0.1, -0.05) is 163 Å². The summed E-state index contributed by atoms with van der Waals surface area (Å²) < 4.78 is 2.38. The molecule has 2 heteroatoms. The molecule has 10 aromatic carbocycles. The first-order chi connectivity index (χ1) is 28.2. The van der Waals surface area contributed by atoms with Crippen LogP contribution in [0.1, 0.15) is 5.56 Å². The van der Waals surface area contributed by atoms with E-state index in [-0.39, 0.29) is 0 Å². The van der Waals surface area contributed by atoms with E-state index in [9.17, 15) is 0 Å². The van der Waals surface area contributed by atoms with Crippen LogP contribution in [0, 0.1) is 6.92 Å². The molecule has 1 heterocycles. The van der Waals surface area contributed by atoms with Gasteiger partial charge < -0.3 is 9.47 Å². The van der Waals surface area contributed by atoms with Gasteiger partial charge >= 0.3 is 0 Å². The van der Waals surface area contributed by atoms with Gasteiger partial charge in [0.2, 0.25) is 0 Å². The van der Waals surface area contributed by atoms with Crippen LogP contribution >= 0.6 is 0 Å². The van der Waals surface area contributed by atoms with Gasteiger partial charge in [-0.05, 0) is 111 Å². The molecule has 0 aliphatic carbocycles. The second kappa shape index (κ2) is 13.4. The Morgan fingerprint density at radius 2 is 0.860 bits per heavy atom. The third-order valence-electron chi connectivity index (χ3n) is 11.6. The Morgan fingerprint density at radius 1 is 0.351 bits per heavy atom. The fourth-order valence-corrected chi connectivity index (χ4v) is 9.15. The number of hydrogen-bond acceptors (Lipinski definition) is 1. The van der Waals surface area contributed by atoms with Crippen molar-refractivity contribution in [1.82, 2.24) is 4.57 Å². The van der Waals surface area contributed by atoms with Gasteiger partial charge in [-0.3, -0.25) is 0 Å². The fourth-order valence-electron chi connectivity index (χ4n) is 9.15. The lowest BCUT2D eigenvalue weighted by Gasteiger charge is -2.28. The summed E-state index contributed by atoms with van der Waals surface area (Å²) in [5.41, 5.74) is 13.2. The Hall–Kier alpha value is -7.42. The highest BCUT2D eigenvalue weighted by molar-refractivity contribution is 6.24. The summed E-state index contributed by atoms with van der Waals surface area (Å²) in [6.07, 6.45) is 0. The number of rotatable bonds is 6. The van der Waals surface area contributed by atoms with E-state index < -0.39 is 0 Å². The zero-order valence-electron chi connectivity index (χ0n) is 31.6. The summed E-state index contributed by atoms with van der Waals surface area (Å²) in [4.78, 5) is 2.40. The number of aryl methyl sites for hydroxylation is 1. The van der Waals surface area contributed by atoms with Crippen LogP contribution in [0.25, 0.3) is 82.1 Å². The molecule has 0 amide bonds. The number of benzene rings is 10. The Bertz CT molecular complexity index is 3230. The van der Waals surface area contributed by atoms with Gasteiger partial charge in [0, 0.05) is 33.2 Å². The van der Waals surface area contributed by atoms with Gasteiger partial charge in [-0.25, -0.2) is 0 Å². The average molecular weight is 727 g/mol. The number of para-hydroxylation sites is 3. The van der Waals surface area contributed by atoms with Crippen LogP contribution in [0.5, 0.6) is 0 Å². The molecule has 0 fully saturated rings. The van der Waals surface area contributed by atoms with E-state index >= 15 is 0 Å². The minimum atomic E-state index is 1.10. The van der Waals surface area contributed by atoms with Crippen LogP contribution in [0.4, 0.5) is 17.1 Å². The normalized spacial score (nSPS) is 11.6. The van der Waals surface area contributed by atoms with Crippen molar-refractivity contribution >= 4 is 71.2 Å². The van der Waals surface area contributed by atoms with Gasteiger partial charge in [0.25, 0.3) is 0 Å². The molecule has 11 rings (SSSR count). The maximum absolute atomic E-state index is 2.40. The average Bonchev–Trinajstić information content (AvgIpc) is 3.61. The smallest absolute Gasteiger partial charge is 0.0541 e. The first-order valence-electron chi connectivity index (χ1n) is 19.7. The van der Waals surface area contributed by atoms with Gasteiger partial charge in [-0.15, -0.1) is 0 Å². The highest BCUT2D eigenvalue weighted by atomic mass is 15.1. The zero-order valence-corrected chi connectivity index (χ0v) is 31.6. The molecule has 0 unspecified atom stereocenters. The molecule has 0 radical (unpaired) electrons. The summed E-state index contributed by atoms with van der Waals surface area (Å²) in [6, 6.07) is 77.5. The maximum Gasteiger partial charge on any atom is 0.0541 e. The van der Waals surface area contributed by atoms with Crippen molar-refractivity contribution in [2.24, 2.45) is 0 Å². The van der Waals surface area contributed by atoms with Gasteiger partial charge in [0.15, 0.2) is 0 Å². The number of nitrogens with zero attached hydrogens (tertiary/aromatic N) is 2. The first kappa shape index (κ1) is 33.0. The predicted octanol–water partition coefficient (Wildman–Crippen LogP) is 15.4. The standard InChI is InChI=1S/C55H38N2/c1-37-28-33-49-50(36-37)55(47-25-11-10-24-46(47)54(49)38-16-4-2-5-17-38)48-34-35-53(43-21-9-8-20-42(43)48)56(39-18-6-3-7-19-39)40-29-31-41(32-30-40)57-51-26-14-12-22-44(51)45-23-13-15-27-52(45)57/h2-36H,1H3. The van der Waals surface area contributed by atoms with Gasteiger partial charge in [0.05, 0.1) is 16.7 Å². The molecule has 268 valence electrons. The molecule has 0 aliphatic heterocycles. The Morgan fingerprint density at radius 3 is 1.53 bits per heavy atom. The molecular formula is C55H38N2. The molecule has 11 aromatic rings. The van der Waals surface area contributed by atoms with E-state index in [2.05, 4.69) is 229 Å². The molecular weight excluding hydrogens is 689 g/mol. The largest absolute Gasteiger partial charge is 0.310 e. The van der Waals surface area contributed by atoms with E-state index in [1.165, 1.54) is 81.9 Å². The SMILES string of the molecule is Cc1ccc2c(-c3ccccc3)c3ccccc3c(-c3ccc(N(c4ccccc4)c4ccc(-n5c6ccccc6c6ccccc65)cc4)c4ccccc34)c2c1. The molecule has 57 heavy (non-hydrogen) atoms. The summed E-state index contributed by atoms with van der Waals surface area (Å²) in [7, 11) is 0. The van der Waals surface area contributed by atoms with E-state index in [1.807, 2.05) is 0 Å². The highest BCUT2D eigenvalue weighted by Crippen LogP contribution is 2.48. The number of fused-ring (bicyclic) bond motifs is 6. The lowest BCUT2D eigenvalue weighted by molar-refractivity contribution is 1.17. The predicted molar refractivity (Wildman–Crippen MR) is 244 cm³/mol. The van der Waals surface area contributed by atoms with Crippen molar-refractivity contribution in [3.8, 4) is 27.9 Å². The van der Waals surface area contributed by atoms with Crippen LogP contribution in [0.2, 0.25) is 0 Å². The molecule has 0 saturated heterocycles. The van der Waals surface area contributed by atoms with E-state index in [4.69, 9.17) is 0 Å². The van der Waals surface area contributed by atoms with E-state index in [0.29, 0.717) is 0 Å². The monoisotopic (exact) mass is 726 g/mol.